The summed E-state index contributed by atoms with van der Waals surface area (Å²) in [4.78, 5) is 24.1. The van der Waals surface area contributed by atoms with Crippen molar-refractivity contribution < 1.29 is 18.0 Å². The Morgan fingerprint density at radius 3 is 2.38 bits per heavy atom. The van der Waals surface area contributed by atoms with Crippen molar-refractivity contribution in [3.63, 3.8) is 0 Å². The molecule has 3 N–H and O–H groups in total. The van der Waals surface area contributed by atoms with Crippen LogP contribution in [-0.4, -0.2) is 49.9 Å². The smallest absolute Gasteiger partial charge is 0.251 e. The molecule has 1 aliphatic rings. The minimum absolute atomic E-state index is 0.0106. The Labute approximate surface area is 154 Å². The van der Waals surface area contributed by atoms with E-state index in [9.17, 15) is 18.0 Å². The maximum atomic E-state index is 12.2. The highest BCUT2D eigenvalue weighted by molar-refractivity contribution is 7.91. The second-order valence-corrected chi connectivity index (χ2v) is 9.52. The second kappa shape index (κ2) is 8.07. The summed E-state index contributed by atoms with van der Waals surface area (Å²) in [5.74, 6) is -0.248. The Morgan fingerprint density at radius 2 is 1.85 bits per heavy atom. The van der Waals surface area contributed by atoms with Gasteiger partial charge < -0.3 is 16.0 Å². The van der Waals surface area contributed by atoms with Crippen LogP contribution in [-0.2, 0) is 14.6 Å². The molecule has 1 aromatic rings. The van der Waals surface area contributed by atoms with Gasteiger partial charge in [0, 0.05) is 22.8 Å². The molecule has 1 aromatic carbocycles. The summed E-state index contributed by atoms with van der Waals surface area (Å²) in [6.45, 7) is 5.99. The Hall–Kier alpha value is -2.09. The number of anilines is 1. The van der Waals surface area contributed by atoms with Gasteiger partial charge in [-0.25, -0.2) is 8.42 Å². The van der Waals surface area contributed by atoms with Crippen molar-refractivity contribution in [2.45, 2.75) is 45.2 Å². The highest BCUT2D eigenvalue weighted by Gasteiger charge is 2.28. The number of benzene rings is 1. The minimum atomic E-state index is -3.01. The molecule has 0 spiro atoms. The number of hydrogen-bond acceptors (Lipinski definition) is 5. The molecule has 1 aliphatic heterocycles. The van der Waals surface area contributed by atoms with Gasteiger partial charge in [-0.3, -0.25) is 9.59 Å². The van der Waals surface area contributed by atoms with Gasteiger partial charge in [0.15, 0.2) is 9.84 Å². The maximum absolute atomic E-state index is 12.2. The SMILES string of the molecule is CCC(C)(C)NC(=O)c1ccc(NCC(=O)NC2CCS(=O)(=O)C2)cc1. The first-order valence-corrected chi connectivity index (χ1v) is 10.6. The monoisotopic (exact) mass is 381 g/mol. The van der Waals surface area contributed by atoms with Crippen LogP contribution in [0.1, 0.15) is 44.0 Å². The van der Waals surface area contributed by atoms with Gasteiger partial charge in [0.2, 0.25) is 5.91 Å². The molecule has 2 amide bonds. The first kappa shape index (κ1) is 20.2. The van der Waals surface area contributed by atoms with Crippen LogP contribution in [0, 0.1) is 0 Å². The molecule has 1 heterocycles. The van der Waals surface area contributed by atoms with E-state index in [0.29, 0.717) is 17.7 Å². The zero-order valence-corrected chi connectivity index (χ0v) is 16.3. The average Bonchev–Trinajstić information content (AvgIpc) is 2.91. The summed E-state index contributed by atoms with van der Waals surface area (Å²) in [6, 6.07) is 6.57. The normalized spacial score (nSPS) is 19.0. The van der Waals surface area contributed by atoms with Crippen LogP contribution in [0.4, 0.5) is 5.69 Å². The van der Waals surface area contributed by atoms with E-state index in [4.69, 9.17) is 0 Å². The zero-order valence-electron chi connectivity index (χ0n) is 15.5. The Kier molecular flexibility index (Phi) is 6.28. The second-order valence-electron chi connectivity index (χ2n) is 7.29. The van der Waals surface area contributed by atoms with E-state index in [1.54, 1.807) is 24.3 Å². The largest absolute Gasteiger partial charge is 0.376 e. The molecule has 0 saturated carbocycles. The standard InChI is InChI=1S/C18H27N3O4S/c1-4-18(2,3)21-17(23)13-5-7-14(8-6-13)19-11-16(22)20-15-9-10-26(24,25)12-15/h5-8,15,19H,4,9-12H2,1-3H3,(H,20,22)(H,21,23). The van der Waals surface area contributed by atoms with E-state index in [2.05, 4.69) is 16.0 Å². The summed E-state index contributed by atoms with van der Waals surface area (Å²) in [7, 11) is -3.01. The fourth-order valence-electron chi connectivity index (χ4n) is 2.58. The molecule has 26 heavy (non-hydrogen) atoms. The lowest BCUT2D eigenvalue weighted by atomic mass is 10.0. The number of rotatable bonds is 7. The molecule has 0 radical (unpaired) electrons. The van der Waals surface area contributed by atoms with Gasteiger partial charge in [-0.2, -0.15) is 0 Å². The van der Waals surface area contributed by atoms with Gasteiger partial charge in [-0.1, -0.05) is 6.92 Å². The van der Waals surface area contributed by atoms with Crippen molar-refractivity contribution in [2.24, 2.45) is 0 Å². The first-order chi connectivity index (χ1) is 12.1. The van der Waals surface area contributed by atoms with Crippen molar-refractivity contribution in [1.29, 1.82) is 0 Å². The molecule has 7 nitrogen and oxygen atoms in total. The molecule has 144 valence electrons. The van der Waals surface area contributed by atoms with Gasteiger partial charge in [-0.05, 0) is 51.0 Å². The number of sulfone groups is 1. The van der Waals surface area contributed by atoms with Crippen molar-refractivity contribution in [3.05, 3.63) is 29.8 Å². The van der Waals surface area contributed by atoms with Crippen LogP contribution >= 0.6 is 0 Å². The summed E-state index contributed by atoms with van der Waals surface area (Å²) in [5, 5.41) is 8.66. The number of nitrogens with one attached hydrogen (secondary N) is 3. The molecule has 0 bridgehead atoms. The maximum Gasteiger partial charge on any atom is 0.251 e. The summed E-state index contributed by atoms with van der Waals surface area (Å²) >= 11 is 0. The van der Waals surface area contributed by atoms with E-state index in [0.717, 1.165) is 6.42 Å². The van der Waals surface area contributed by atoms with E-state index < -0.39 is 9.84 Å². The molecule has 1 saturated heterocycles. The van der Waals surface area contributed by atoms with E-state index >= 15 is 0 Å². The molecule has 1 atom stereocenters. The summed E-state index contributed by atoms with van der Waals surface area (Å²) < 4.78 is 22.8. The molecule has 2 rings (SSSR count). The highest BCUT2D eigenvalue weighted by atomic mass is 32.2. The predicted octanol–water partition coefficient (Wildman–Crippen LogP) is 1.32. The number of amides is 2. The van der Waals surface area contributed by atoms with E-state index in [-0.39, 0.29) is 41.4 Å². The third-order valence-corrected chi connectivity index (χ3v) is 6.30. The Balaban J connectivity index is 1.82. The summed E-state index contributed by atoms with van der Waals surface area (Å²) in [5.41, 5.74) is 1.00. The molecule has 1 fully saturated rings. The van der Waals surface area contributed by atoms with Crippen LogP contribution in [0.3, 0.4) is 0 Å². The molecule has 0 aliphatic carbocycles. The molecule has 1 unspecified atom stereocenters. The number of carbonyl (C=O) groups is 2. The van der Waals surface area contributed by atoms with Crippen molar-refractivity contribution in [3.8, 4) is 0 Å². The predicted molar refractivity (Wildman–Crippen MR) is 102 cm³/mol. The lowest BCUT2D eigenvalue weighted by Gasteiger charge is -2.24. The van der Waals surface area contributed by atoms with Crippen molar-refractivity contribution in [2.75, 3.05) is 23.4 Å². The molecule has 0 aromatic heterocycles. The van der Waals surface area contributed by atoms with Crippen molar-refractivity contribution >= 4 is 27.3 Å². The van der Waals surface area contributed by atoms with E-state index in [1.165, 1.54) is 0 Å². The quantitative estimate of drug-likeness (QED) is 0.661. The third kappa shape index (κ3) is 6.01. The van der Waals surface area contributed by atoms with E-state index in [1.807, 2.05) is 20.8 Å². The van der Waals surface area contributed by atoms with Gasteiger partial charge in [0.25, 0.3) is 5.91 Å². The van der Waals surface area contributed by atoms with Crippen LogP contribution < -0.4 is 16.0 Å². The topological polar surface area (TPSA) is 104 Å². The Bertz CT molecular complexity index is 757. The van der Waals surface area contributed by atoms with Gasteiger partial charge in [0.1, 0.15) is 0 Å². The molecular formula is C18H27N3O4S. The Morgan fingerprint density at radius 1 is 1.19 bits per heavy atom. The van der Waals surface area contributed by atoms with Crippen LogP contribution in [0.2, 0.25) is 0 Å². The van der Waals surface area contributed by atoms with Crippen LogP contribution in [0.5, 0.6) is 0 Å². The van der Waals surface area contributed by atoms with Gasteiger partial charge in [-0.15, -0.1) is 0 Å². The third-order valence-electron chi connectivity index (χ3n) is 4.53. The first-order valence-electron chi connectivity index (χ1n) is 8.76. The van der Waals surface area contributed by atoms with Crippen LogP contribution in [0.15, 0.2) is 24.3 Å². The molecule has 8 heteroatoms. The highest BCUT2D eigenvalue weighted by Crippen LogP contribution is 2.13. The van der Waals surface area contributed by atoms with Crippen LogP contribution in [0.25, 0.3) is 0 Å². The fraction of sp³-hybridized carbons (Fsp3) is 0.556. The fourth-order valence-corrected chi connectivity index (χ4v) is 4.25. The number of carbonyl (C=O) groups excluding carboxylic acids is 2. The van der Waals surface area contributed by atoms with Gasteiger partial charge in [0.05, 0.1) is 18.1 Å². The van der Waals surface area contributed by atoms with Crippen molar-refractivity contribution in [1.82, 2.24) is 10.6 Å². The summed E-state index contributed by atoms with van der Waals surface area (Å²) in [6.07, 6.45) is 1.29. The number of hydrogen-bond donors (Lipinski definition) is 3. The lowest BCUT2D eigenvalue weighted by Crippen LogP contribution is -2.42. The average molecular weight is 381 g/mol. The zero-order chi connectivity index (χ0) is 19.4. The van der Waals surface area contributed by atoms with Gasteiger partial charge >= 0.3 is 0 Å². The lowest BCUT2D eigenvalue weighted by molar-refractivity contribution is -0.119. The minimum Gasteiger partial charge on any atom is -0.376 e. The molecular weight excluding hydrogens is 354 g/mol.